The van der Waals surface area contributed by atoms with Crippen molar-refractivity contribution in [1.82, 2.24) is 10.3 Å². The van der Waals surface area contributed by atoms with Crippen molar-refractivity contribution in [3.05, 3.63) is 47.2 Å². The molecular formula is C17H20ClN3O2. The second kappa shape index (κ2) is 8.39. The molecule has 0 atom stereocenters. The summed E-state index contributed by atoms with van der Waals surface area (Å²) in [4.78, 5) is 16.2. The van der Waals surface area contributed by atoms with Crippen molar-refractivity contribution in [1.29, 1.82) is 0 Å². The van der Waals surface area contributed by atoms with Crippen LogP contribution < -0.4 is 15.4 Å². The monoisotopic (exact) mass is 333 g/mol. The normalized spacial score (nSPS) is 10.2. The standard InChI is InChI=1S/C17H20ClN3O2/c1-3-4-8-20-17(22)15-11-13(7-9-19-15)21-14-10-12(18)5-6-16(14)23-2/h5-7,9-11H,3-4,8H2,1-2H3,(H,19,21)(H,20,22). The fourth-order valence-electron chi connectivity index (χ4n) is 2.04. The van der Waals surface area contributed by atoms with E-state index in [-0.39, 0.29) is 5.91 Å². The van der Waals surface area contributed by atoms with E-state index in [9.17, 15) is 4.79 Å². The number of nitrogens with zero attached hydrogens (tertiary/aromatic N) is 1. The van der Waals surface area contributed by atoms with E-state index in [1.807, 2.05) is 0 Å². The molecule has 2 rings (SSSR count). The number of pyridine rings is 1. The van der Waals surface area contributed by atoms with Crippen LogP contribution in [-0.2, 0) is 0 Å². The maximum absolute atomic E-state index is 12.1. The Morgan fingerprint density at radius 2 is 2.13 bits per heavy atom. The molecule has 6 heteroatoms. The molecule has 0 fully saturated rings. The van der Waals surface area contributed by atoms with Crippen LogP contribution in [0.25, 0.3) is 0 Å². The van der Waals surface area contributed by atoms with Gasteiger partial charge < -0.3 is 15.4 Å². The van der Waals surface area contributed by atoms with Crippen molar-refractivity contribution >= 4 is 28.9 Å². The molecule has 0 saturated heterocycles. The van der Waals surface area contributed by atoms with Crippen molar-refractivity contribution in [2.24, 2.45) is 0 Å². The number of methoxy groups -OCH3 is 1. The molecule has 0 aliphatic heterocycles. The van der Waals surface area contributed by atoms with Crippen LogP contribution >= 0.6 is 11.6 Å². The topological polar surface area (TPSA) is 63.2 Å². The highest BCUT2D eigenvalue weighted by atomic mass is 35.5. The average Bonchev–Trinajstić information content (AvgIpc) is 2.55. The van der Waals surface area contributed by atoms with Crippen LogP contribution in [-0.4, -0.2) is 24.5 Å². The molecule has 0 unspecified atom stereocenters. The van der Waals surface area contributed by atoms with Gasteiger partial charge in [-0.3, -0.25) is 9.78 Å². The number of benzene rings is 1. The summed E-state index contributed by atoms with van der Waals surface area (Å²) in [5.74, 6) is 0.486. The summed E-state index contributed by atoms with van der Waals surface area (Å²) in [6, 6.07) is 8.78. The van der Waals surface area contributed by atoms with Gasteiger partial charge in [-0.25, -0.2) is 0 Å². The van der Waals surface area contributed by atoms with E-state index in [1.54, 1.807) is 43.6 Å². The molecular weight excluding hydrogens is 314 g/mol. The summed E-state index contributed by atoms with van der Waals surface area (Å²) < 4.78 is 5.30. The van der Waals surface area contributed by atoms with Gasteiger partial charge in [0.1, 0.15) is 11.4 Å². The van der Waals surface area contributed by atoms with Crippen LogP contribution in [0.1, 0.15) is 30.3 Å². The Kier molecular flexibility index (Phi) is 6.23. The summed E-state index contributed by atoms with van der Waals surface area (Å²) in [6.45, 7) is 2.73. The smallest absolute Gasteiger partial charge is 0.269 e. The molecule has 0 bridgehead atoms. The molecule has 1 aromatic heterocycles. The molecule has 0 spiro atoms. The van der Waals surface area contributed by atoms with E-state index in [1.165, 1.54) is 0 Å². The number of hydrogen-bond donors (Lipinski definition) is 2. The zero-order valence-corrected chi connectivity index (χ0v) is 14.0. The van der Waals surface area contributed by atoms with Gasteiger partial charge in [-0.1, -0.05) is 24.9 Å². The predicted molar refractivity (Wildman–Crippen MR) is 92.8 cm³/mol. The number of carbonyl (C=O) groups is 1. The van der Waals surface area contributed by atoms with Gasteiger partial charge in [-0.05, 0) is 36.8 Å². The third kappa shape index (κ3) is 4.86. The molecule has 122 valence electrons. The SMILES string of the molecule is CCCCNC(=O)c1cc(Nc2cc(Cl)ccc2OC)ccn1. The van der Waals surface area contributed by atoms with Gasteiger partial charge >= 0.3 is 0 Å². The van der Waals surface area contributed by atoms with Gasteiger partial charge in [-0.15, -0.1) is 0 Å². The lowest BCUT2D eigenvalue weighted by Crippen LogP contribution is -2.25. The minimum atomic E-state index is -0.180. The lowest BCUT2D eigenvalue weighted by atomic mass is 10.2. The molecule has 2 N–H and O–H groups in total. The number of hydrogen-bond acceptors (Lipinski definition) is 4. The second-order valence-electron chi connectivity index (χ2n) is 5.01. The summed E-state index contributed by atoms with van der Waals surface area (Å²) in [5, 5.41) is 6.64. The minimum Gasteiger partial charge on any atom is -0.495 e. The second-order valence-corrected chi connectivity index (χ2v) is 5.45. The molecule has 1 aromatic carbocycles. The number of amides is 1. The molecule has 5 nitrogen and oxygen atoms in total. The van der Waals surface area contributed by atoms with Gasteiger partial charge in [0, 0.05) is 23.5 Å². The molecule has 23 heavy (non-hydrogen) atoms. The van der Waals surface area contributed by atoms with Crippen LogP contribution in [0.15, 0.2) is 36.5 Å². The first-order chi connectivity index (χ1) is 11.1. The Balaban J connectivity index is 2.14. The van der Waals surface area contributed by atoms with Crippen LogP contribution in [0.2, 0.25) is 5.02 Å². The molecule has 1 amide bonds. The minimum absolute atomic E-state index is 0.180. The molecule has 0 saturated carbocycles. The lowest BCUT2D eigenvalue weighted by Gasteiger charge is -2.12. The van der Waals surface area contributed by atoms with Gasteiger partial charge in [0.25, 0.3) is 5.91 Å². The lowest BCUT2D eigenvalue weighted by molar-refractivity contribution is 0.0948. The Morgan fingerprint density at radius 3 is 2.87 bits per heavy atom. The van der Waals surface area contributed by atoms with E-state index in [0.29, 0.717) is 23.0 Å². The molecule has 0 aliphatic carbocycles. The number of aromatic nitrogens is 1. The Bertz CT molecular complexity index is 677. The quantitative estimate of drug-likeness (QED) is 0.751. The third-order valence-electron chi connectivity index (χ3n) is 3.25. The van der Waals surface area contributed by atoms with Gasteiger partial charge in [-0.2, -0.15) is 0 Å². The Morgan fingerprint density at radius 1 is 1.30 bits per heavy atom. The number of anilines is 2. The molecule has 2 aromatic rings. The van der Waals surface area contributed by atoms with E-state index >= 15 is 0 Å². The number of ether oxygens (including phenoxy) is 1. The van der Waals surface area contributed by atoms with Gasteiger partial charge in [0.05, 0.1) is 12.8 Å². The zero-order valence-electron chi connectivity index (χ0n) is 13.2. The van der Waals surface area contributed by atoms with Crippen LogP contribution in [0.3, 0.4) is 0 Å². The zero-order chi connectivity index (χ0) is 16.7. The first-order valence-corrected chi connectivity index (χ1v) is 7.86. The highest BCUT2D eigenvalue weighted by Crippen LogP contribution is 2.30. The largest absolute Gasteiger partial charge is 0.495 e. The van der Waals surface area contributed by atoms with Crippen LogP contribution in [0.5, 0.6) is 5.75 Å². The maximum Gasteiger partial charge on any atom is 0.269 e. The summed E-state index contributed by atoms with van der Waals surface area (Å²) in [6.07, 6.45) is 3.57. The van der Waals surface area contributed by atoms with Crippen LogP contribution in [0.4, 0.5) is 11.4 Å². The summed E-state index contributed by atoms with van der Waals surface area (Å²) in [5.41, 5.74) is 1.83. The van der Waals surface area contributed by atoms with Crippen molar-refractivity contribution in [2.45, 2.75) is 19.8 Å². The number of unbranched alkanes of at least 4 members (excludes halogenated alkanes) is 1. The third-order valence-corrected chi connectivity index (χ3v) is 3.48. The first-order valence-electron chi connectivity index (χ1n) is 7.49. The van der Waals surface area contributed by atoms with Gasteiger partial charge in [0.15, 0.2) is 0 Å². The van der Waals surface area contributed by atoms with Crippen molar-refractivity contribution in [2.75, 3.05) is 19.0 Å². The highest BCUT2D eigenvalue weighted by Gasteiger charge is 2.09. The molecule has 0 radical (unpaired) electrons. The summed E-state index contributed by atoms with van der Waals surface area (Å²) >= 11 is 6.02. The average molecular weight is 334 g/mol. The number of carbonyl (C=O) groups excluding carboxylic acids is 1. The fourth-order valence-corrected chi connectivity index (χ4v) is 2.21. The Hall–Kier alpha value is -2.27. The van der Waals surface area contributed by atoms with Crippen LogP contribution in [0, 0.1) is 0 Å². The van der Waals surface area contributed by atoms with E-state index in [0.717, 1.165) is 24.2 Å². The Labute approximate surface area is 141 Å². The summed E-state index contributed by atoms with van der Waals surface area (Å²) in [7, 11) is 1.59. The number of halogens is 1. The van der Waals surface area contributed by atoms with Crippen molar-refractivity contribution in [3.8, 4) is 5.75 Å². The van der Waals surface area contributed by atoms with Crippen molar-refractivity contribution < 1.29 is 9.53 Å². The first kappa shape index (κ1) is 17.1. The van der Waals surface area contributed by atoms with E-state index < -0.39 is 0 Å². The van der Waals surface area contributed by atoms with Crippen molar-refractivity contribution in [3.63, 3.8) is 0 Å². The highest BCUT2D eigenvalue weighted by molar-refractivity contribution is 6.31. The molecule has 1 heterocycles. The number of nitrogens with one attached hydrogen (secondary N) is 2. The van der Waals surface area contributed by atoms with E-state index in [2.05, 4.69) is 22.5 Å². The number of rotatable bonds is 7. The van der Waals surface area contributed by atoms with Gasteiger partial charge in [0.2, 0.25) is 0 Å². The molecule has 0 aliphatic rings. The predicted octanol–water partition coefficient (Wildman–Crippen LogP) is 4.02. The van der Waals surface area contributed by atoms with E-state index in [4.69, 9.17) is 16.3 Å². The maximum atomic E-state index is 12.1. The fraction of sp³-hybridized carbons (Fsp3) is 0.294.